The minimum Gasteiger partial charge on any atom is -0.508 e. The number of allylic oxidation sites excluding steroid dienone is 4. The van der Waals surface area contributed by atoms with Crippen molar-refractivity contribution in [3.8, 4) is 5.75 Å². The van der Waals surface area contributed by atoms with Crippen LogP contribution < -0.4 is 0 Å². The average Bonchev–Trinajstić information content (AvgIpc) is 2.96. The third kappa shape index (κ3) is 4.46. The lowest BCUT2D eigenvalue weighted by Gasteiger charge is -2.68. The number of fused-ring (bicyclic) bond motifs is 7. The smallest absolute Gasteiger partial charge is 0.331 e. The monoisotopic (exact) mass is 600 g/mol. The van der Waals surface area contributed by atoms with Crippen molar-refractivity contribution in [2.75, 3.05) is 0 Å². The number of carboxylic acids is 1. The van der Waals surface area contributed by atoms with Gasteiger partial charge in [-0.1, -0.05) is 65.8 Å². The van der Waals surface area contributed by atoms with E-state index in [0.29, 0.717) is 11.8 Å². The zero-order chi connectivity index (χ0) is 31.9. The van der Waals surface area contributed by atoms with Gasteiger partial charge in [-0.15, -0.1) is 0 Å². The average molecular weight is 601 g/mol. The number of carbonyl (C=O) groups excluding carboxylic acids is 1. The Morgan fingerprint density at radius 2 is 1.55 bits per heavy atom. The van der Waals surface area contributed by atoms with Crippen LogP contribution in [-0.4, -0.2) is 28.3 Å². The summed E-state index contributed by atoms with van der Waals surface area (Å²) in [6.45, 7) is 16.4. The van der Waals surface area contributed by atoms with Gasteiger partial charge in [0.2, 0.25) is 0 Å². The first kappa shape index (κ1) is 31.2. The van der Waals surface area contributed by atoms with Gasteiger partial charge >= 0.3 is 11.9 Å². The maximum Gasteiger partial charge on any atom is 0.331 e. The second-order valence-corrected chi connectivity index (χ2v) is 16.9. The Hall–Kier alpha value is -2.82. The van der Waals surface area contributed by atoms with Crippen LogP contribution in [0.3, 0.4) is 0 Å². The molecule has 8 unspecified atom stereocenters. The fourth-order valence-electron chi connectivity index (χ4n) is 10.9. The first-order valence-electron chi connectivity index (χ1n) is 16.8. The van der Waals surface area contributed by atoms with Crippen molar-refractivity contribution >= 4 is 18.0 Å². The summed E-state index contributed by atoms with van der Waals surface area (Å²) in [5, 5.41) is 19.7. The lowest BCUT2D eigenvalue weighted by molar-refractivity contribution is -0.172. The van der Waals surface area contributed by atoms with Crippen molar-refractivity contribution in [2.45, 2.75) is 112 Å². The lowest BCUT2D eigenvalue weighted by Crippen LogP contribution is -2.61. The molecule has 2 N–H and O–H groups in total. The van der Waals surface area contributed by atoms with E-state index in [-0.39, 0.29) is 44.9 Å². The molecule has 0 heterocycles. The summed E-state index contributed by atoms with van der Waals surface area (Å²) >= 11 is 0. The van der Waals surface area contributed by atoms with Crippen molar-refractivity contribution < 1.29 is 24.5 Å². The van der Waals surface area contributed by atoms with E-state index in [9.17, 15) is 19.8 Å². The van der Waals surface area contributed by atoms with Gasteiger partial charge in [0, 0.05) is 11.5 Å². The molecule has 0 amide bonds. The van der Waals surface area contributed by atoms with Crippen molar-refractivity contribution in [1.29, 1.82) is 0 Å². The number of esters is 1. The highest BCUT2D eigenvalue weighted by Crippen LogP contribution is 2.74. The molecule has 238 valence electrons. The van der Waals surface area contributed by atoms with Crippen LogP contribution in [0.2, 0.25) is 0 Å². The van der Waals surface area contributed by atoms with E-state index < -0.39 is 11.4 Å². The zero-order valence-corrected chi connectivity index (χ0v) is 27.8. The molecule has 1 aromatic carbocycles. The van der Waals surface area contributed by atoms with E-state index in [1.54, 1.807) is 30.3 Å². The molecule has 0 saturated heterocycles. The van der Waals surface area contributed by atoms with Gasteiger partial charge in [-0.25, -0.2) is 4.79 Å². The van der Waals surface area contributed by atoms with Crippen LogP contribution in [0, 0.1) is 44.3 Å². The minimum absolute atomic E-state index is 0.00556. The van der Waals surface area contributed by atoms with E-state index >= 15 is 0 Å². The summed E-state index contributed by atoms with van der Waals surface area (Å²) < 4.78 is 6.15. The predicted octanol–water partition coefficient (Wildman–Crippen LogP) is 9.12. The summed E-state index contributed by atoms with van der Waals surface area (Å²) in [5.41, 5.74) is 3.26. The number of benzene rings is 1. The molecule has 0 aliphatic heterocycles. The van der Waals surface area contributed by atoms with E-state index in [4.69, 9.17) is 4.74 Å². The highest BCUT2D eigenvalue weighted by molar-refractivity contribution is 5.87. The van der Waals surface area contributed by atoms with Gasteiger partial charge in [-0.05, 0) is 133 Å². The van der Waals surface area contributed by atoms with E-state index in [0.717, 1.165) is 63.4 Å². The van der Waals surface area contributed by atoms with Gasteiger partial charge in [0.1, 0.15) is 11.9 Å². The Morgan fingerprint density at radius 1 is 0.864 bits per heavy atom. The lowest BCUT2D eigenvalue weighted by atomic mass is 9.35. The van der Waals surface area contributed by atoms with Crippen LogP contribution in [0.15, 0.2) is 53.6 Å². The molecule has 1 aromatic rings. The Morgan fingerprint density at radius 3 is 2.23 bits per heavy atom. The second kappa shape index (κ2) is 10.1. The van der Waals surface area contributed by atoms with Crippen LogP contribution in [0.25, 0.3) is 6.08 Å². The molecule has 0 bridgehead atoms. The maximum atomic E-state index is 13.0. The quantitative estimate of drug-likeness (QED) is 0.266. The molecule has 0 spiro atoms. The van der Waals surface area contributed by atoms with Gasteiger partial charge in [0.05, 0.1) is 5.41 Å². The number of rotatable bonds is 4. The molecule has 3 fully saturated rings. The van der Waals surface area contributed by atoms with E-state index in [1.807, 2.05) is 6.92 Å². The number of ether oxygens (including phenoxy) is 1. The molecule has 0 aromatic heterocycles. The van der Waals surface area contributed by atoms with E-state index in [2.05, 4.69) is 53.7 Å². The molecule has 5 heteroatoms. The summed E-state index contributed by atoms with van der Waals surface area (Å²) in [4.78, 5) is 25.4. The fourth-order valence-corrected chi connectivity index (χ4v) is 10.9. The number of carbonyl (C=O) groups is 2. The molecule has 3 saturated carbocycles. The molecular formula is C39H52O5. The maximum absolute atomic E-state index is 13.0. The highest BCUT2D eigenvalue weighted by Gasteiger charge is 2.66. The summed E-state index contributed by atoms with van der Waals surface area (Å²) in [5.74, 6) is -0.0352. The summed E-state index contributed by atoms with van der Waals surface area (Å²) in [7, 11) is 0. The van der Waals surface area contributed by atoms with Gasteiger partial charge < -0.3 is 14.9 Å². The largest absolute Gasteiger partial charge is 0.508 e. The highest BCUT2D eigenvalue weighted by atomic mass is 16.5. The molecule has 5 aliphatic carbocycles. The number of aliphatic carboxylic acids is 1. The molecule has 6 rings (SSSR count). The van der Waals surface area contributed by atoms with Crippen molar-refractivity contribution in [2.24, 2.45) is 44.3 Å². The minimum atomic E-state index is -0.646. The molecular weight excluding hydrogens is 548 g/mol. The van der Waals surface area contributed by atoms with Crippen LogP contribution in [-0.2, 0) is 14.3 Å². The summed E-state index contributed by atoms with van der Waals surface area (Å²) in [6, 6.07) is 6.77. The van der Waals surface area contributed by atoms with Gasteiger partial charge in [-0.2, -0.15) is 0 Å². The van der Waals surface area contributed by atoms with Crippen molar-refractivity contribution in [1.82, 2.24) is 0 Å². The molecule has 0 radical (unpaired) electrons. The van der Waals surface area contributed by atoms with Crippen LogP contribution in [0.1, 0.15) is 112 Å². The van der Waals surface area contributed by atoms with Crippen molar-refractivity contribution in [3.05, 3.63) is 59.2 Å². The Kier molecular flexibility index (Phi) is 7.15. The van der Waals surface area contributed by atoms with Gasteiger partial charge in [0.15, 0.2) is 0 Å². The van der Waals surface area contributed by atoms with Crippen LogP contribution in [0.4, 0.5) is 0 Å². The van der Waals surface area contributed by atoms with Crippen LogP contribution >= 0.6 is 0 Å². The zero-order valence-electron chi connectivity index (χ0n) is 27.8. The molecule has 5 nitrogen and oxygen atoms in total. The SMILES string of the molecule is CC1(C(=O)O)CCC2(C)CCC3(C)C4=CCC5C(C)(CCC(OC(=O)C=Cc6ccc(O)cc6)C5(C)C)C4=CCC3(C)C2C1. The van der Waals surface area contributed by atoms with Crippen molar-refractivity contribution in [3.63, 3.8) is 0 Å². The Bertz CT molecular complexity index is 1450. The Balaban J connectivity index is 1.26. The number of phenols is 1. The molecule has 5 aliphatic rings. The first-order chi connectivity index (χ1) is 20.5. The molecule has 8 atom stereocenters. The third-order valence-corrected chi connectivity index (χ3v) is 14.3. The van der Waals surface area contributed by atoms with Gasteiger partial charge in [0.25, 0.3) is 0 Å². The number of phenolic OH excluding ortho intramolecular Hbond substituents is 1. The third-order valence-electron chi connectivity index (χ3n) is 14.3. The number of hydrogen-bond acceptors (Lipinski definition) is 4. The van der Waals surface area contributed by atoms with E-state index in [1.165, 1.54) is 17.2 Å². The van der Waals surface area contributed by atoms with Crippen LogP contribution in [0.5, 0.6) is 5.75 Å². The molecule has 44 heavy (non-hydrogen) atoms. The Labute approximate surface area is 263 Å². The first-order valence-corrected chi connectivity index (χ1v) is 16.8. The van der Waals surface area contributed by atoms with Gasteiger partial charge in [-0.3, -0.25) is 4.79 Å². The summed E-state index contributed by atoms with van der Waals surface area (Å²) in [6.07, 6.45) is 16.8. The number of aromatic hydroxyl groups is 1. The second-order valence-electron chi connectivity index (χ2n) is 16.9. The topological polar surface area (TPSA) is 83.8 Å². The number of hydrogen-bond donors (Lipinski definition) is 2. The standard InChI is InChI=1S/C39H52O5/c1-34(2)29-14-13-28-27(37(29,5)18-17-31(34)44-32(41)15-10-25-8-11-26(40)12-9-25)16-19-39(7)30-24-36(4,33(42)43)21-20-35(30,3)22-23-38(28,39)6/h8-13,15-16,29-31,40H,14,17-24H2,1-7H3,(H,42,43). The fraction of sp³-hybridized carbons (Fsp3) is 0.641. The normalized spacial score (nSPS) is 42.6. The predicted molar refractivity (Wildman–Crippen MR) is 174 cm³/mol. The number of carboxylic acid groups (broad SMARTS) is 1.